The van der Waals surface area contributed by atoms with E-state index in [1.165, 1.54) is 0 Å². The van der Waals surface area contributed by atoms with E-state index in [0.717, 1.165) is 27.4 Å². The van der Waals surface area contributed by atoms with E-state index in [0.29, 0.717) is 17.6 Å². The number of aromatic hydroxyl groups is 1. The first-order chi connectivity index (χ1) is 12.6. The fraction of sp³-hybridized carbons (Fsp3) is 0.368. The zero-order chi connectivity index (χ0) is 18.3. The third-order valence-electron chi connectivity index (χ3n) is 4.58. The summed E-state index contributed by atoms with van der Waals surface area (Å²) in [6.07, 6.45) is 1.81. The highest BCUT2D eigenvalue weighted by Gasteiger charge is 2.44. The highest BCUT2D eigenvalue weighted by molar-refractivity contribution is 9.10. The lowest BCUT2D eigenvalue weighted by atomic mass is 9.96. The lowest BCUT2D eigenvalue weighted by molar-refractivity contribution is 0.306. The molecule has 136 valence electrons. The lowest BCUT2D eigenvalue weighted by Crippen LogP contribution is -2.28. The maximum atomic E-state index is 10.2. The highest BCUT2D eigenvalue weighted by atomic mass is 79.9. The Bertz CT molecular complexity index is 846. The Kier molecular flexibility index (Phi) is 4.84. The van der Waals surface area contributed by atoms with Gasteiger partial charge in [-0.1, -0.05) is 40.7 Å². The molecule has 2 aliphatic rings. The summed E-state index contributed by atoms with van der Waals surface area (Å²) >= 11 is 5.44. The van der Waals surface area contributed by atoms with Crippen molar-refractivity contribution in [2.24, 2.45) is 4.99 Å². The number of hydrogen-bond donors (Lipinski definition) is 1. The zero-order valence-electron chi connectivity index (χ0n) is 14.6. The van der Waals surface area contributed by atoms with Gasteiger partial charge in [-0.2, -0.15) is 0 Å². The first kappa shape index (κ1) is 17.7. The molecule has 2 aromatic rings. The molecule has 0 bridgehead atoms. The van der Waals surface area contributed by atoms with Crippen molar-refractivity contribution in [3.63, 3.8) is 0 Å². The summed E-state index contributed by atoms with van der Waals surface area (Å²) in [5.41, 5.74) is 2.00. The maximum Gasteiger partial charge on any atom is 0.161 e. The number of aliphatic imine (C=N–C) groups is 1. The minimum absolute atomic E-state index is 0.0199. The number of nitrogens with zero attached hydrogens (tertiary/aromatic N) is 3. The summed E-state index contributed by atoms with van der Waals surface area (Å²) in [6, 6.07) is 9.51. The molecule has 7 heteroatoms. The van der Waals surface area contributed by atoms with Crippen LogP contribution in [0.3, 0.4) is 0 Å². The molecule has 1 N–H and O–H groups in total. The molecule has 2 aliphatic heterocycles. The Morgan fingerprint density at radius 2 is 2.23 bits per heavy atom. The molecule has 0 spiro atoms. The minimum Gasteiger partial charge on any atom is -0.504 e. The number of aromatic nitrogens is 1. The quantitative estimate of drug-likeness (QED) is 0.766. The maximum absolute atomic E-state index is 10.2. The van der Waals surface area contributed by atoms with Gasteiger partial charge in [-0.3, -0.25) is 9.98 Å². The number of benzene rings is 1. The topological polar surface area (TPSA) is 58.0 Å². The Hall–Kier alpha value is -1.73. The number of amidine groups is 1. The van der Waals surface area contributed by atoms with E-state index in [1.54, 1.807) is 6.07 Å². The van der Waals surface area contributed by atoms with E-state index in [4.69, 9.17) is 9.73 Å². The molecule has 26 heavy (non-hydrogen) atoms. The van der Waals surface area contributed by atoms with Crippen molar-refractivity contribution in [2.45, 2.75) is 31.2 Å². The number of phenols is 1. The molecule has 3 heterocycles. The highest BCUT2D eigenvalue weighted by Crippen LogP contribution is 2.50. The molecule has 0 unspecified atom stereocenters. The van der Waals surface area contributed by atoms with Gasteiger partial charge in [0.2, 0.25) is 0 Å². The summed E-state index contributed by atoms with van der Waals surface area (Å²) < 4.78 is 6.47. The van der Waals surface area contributed by atoms with E-state index in [1.807, 2.05) is 49.1 Å². The molecule has 1 saturated heterocycles. The number of rotatable bonds is 4. The second-order valence-electron chi connectivity index (χ2n) is 6.41. The van der Waals surface area contributed by atoms with Gasteiger partial charge in [0.1, 0.15) is 6.04 Å². The van der Waals surface area contributed by atoms with Gasteiger partial charge in [-0.15, -0.1) is 0 Å². The summed E-state index contributed by atoms with van der Waals surface area (Å²) in [4.78, 5) is 11.9. The van der Waals surface area contributed by atoms with Crippen molar-refractivity contribution in [2.75, 3.05) is 13.2 Å². The fourth-order valence-corrected chi connectivity index (χ4v) is 5.17. The van der Waals surface area contributed by atoms with E-state index in [2.05, 4.69) is 32.7 Å². The average Bonchev–Trinajstić information content (AvgIpc) is 3.14. The molecule has 1 fully saturated rings. The van der Waals surface area contributed by atoms with Crippen LogP contribution < -0.4 is 4.74 Å². The average molecular weight is 434 g/mol. The van der Waals surface area contributed by atoms with Crippen LogP contribution in [0.4, 0.5) is 0 Å². The number of phenolic OH excluding ortho intramolecular Hbond substituents is 1. The van der Waals surface area contributed by atoms with Crippen LogP contribution in [0, 0.1) is 0 Å². The van der Waals surface area contributed by atoms with Crippen LogP contribution in [0.15, 0.2) is 46.0 Å². The number of ether oxygens (including phenoxy) is 1. The van der Waals surface area contributed by atoms with Gasteiger partial charge in [-0.05, 0) is 36.8 Å². The van der Waals surface area contributed by atoms with Crippen molar-refractivity contribution in [3.05, 3.63) is 52.3 Å². The van der Waals surface area contributed by atoms with Crippen molar-refractivity contribution >= 4 is 32.9 Å². The van der Waals surface area contributed by atoms with Crippen LogP contribution in [-0.2, 0) is 0 Å². The Morgan fingerprint density at radius 1 is 1.38 bits per heavy atom. The normalized spacial score (nSPS) is 24.5. The number of fused-ring (bicyclic) bond motifs is 1. The minimum atomic E-state index is -0.0819. The second-order valence-corrected chi connectivity index (χ2v) is 8.67. The van der Waals surface area contributed by atoms with Crippen molar-refractivity contribution in [1.29, 1.82) is 0 Å². The van der Waals surface area contributed by atoms with Crippen LogP contribution >= 0.6 is 27.7 Å². The predicted molar refractivity (Wildman–Crippen MR) is 108 cm³/mol. The standard InChI is InChI=1S/C19H20BrN3O2S/c1-3-25-16-8-12(13(20)9-15(16)24)18-17(14-6-4-5-7-21-14)22-19-23(18)10-11(2)26-19/h4-9,11,17-18,24H,3,10H2,1-2H3/t11-,17+,18-/m1/s1. The van der Waals surface area contributed by atoms with Crippen LogP contribution in [-0.4, -0.2) is 38.6 Å². The first-order valence-electron chi connectivity index (χ1n) is 8.65. The molecule has 1 aromatic carbocycles. The zero-order valence-corrected chi connectivity index (χ0v) is 17.0. The predicted octanol–water partition coefficient (Wildman–Crippen LogP) is 4.54. The summed E-state index contributed by atoms with van der Waals surface area (Å²) in [5.74, 6) is 0.638. The molecule has 1 aromatic heterocycles. The Labute approximate surface area is 165 Å². The molecule has 0 amide bonds. The number of halogens is 1. The van der Waals surface area contributed by atoms with Gasteiger partial charge < -0.3 is 14.7 Å². The second kappa shape index (κ2) is 7.12. The van der Waals surface area contributed by atoms with Crippen molar-refractivity contribution < 1.29 is 9.84 Å². The smallest absolute Gasteiger partial charge is 0.161 e. The number of thioether (sulfide) groups is 1. The van der Waals surface area contributed by atoms with E-state index >= 15 is 0 Å². The lowest BCUT2D eigenvalue weighted by Gasteiger charge is -2.28. The van der Waals surface area contributed by atoms with Crippen LogP contribution in [0.5, 0.6) is 11.5 Å². The molecule has 4 rings (SSSR count). The largest absolute Gasteiger partial charge is 0.504 e. The molecule has 0 saturated carbocycles. The third kappa shape index (κ3) is 3.07. The van der Waals surface area contributed by atoms with E-state index in [9.17, 15) is 5.11 Å². The van der Waals surface area contributed by atoms with Gasteiger partial charge in [0.15, 0.2) is 16.7 Å². The Balaban J connectivity index is 1.81. The van der Waals surface area contributed by atoms with Crippen LogP contribution in [0.2, 0.25) is 0 Å². The summed E-state index contributed by atoms with van der Waals surface area (Å²) in [7, 11) is 0. The molecular weight excluding hydrogens is 414 g/mol. The molecule has 0 aliphatic carbocycles. The molecule has 3 atom stereocenters. The third-order valence-corrected chi connectivity index (χ3v) is 6.37. The van der Waals surface area contributed by atoms with Crippen molar-refractivity contribution in [3.8, 4) is 11.5 Å². The summed E-state index contributed by atoms with van der Waals surface area (Å²) in [6.45, 7) is 5.57. The van der Waals surface area contributed by atoms with Gasteiger partial charge in [-0.25, -0.2) is 0 Å². The first-order valence-corrected chi connectivity index (χ1v) is 10.3. The number of pyridine rings is 1. The Morgan fingerprint density at radius 3 is 2.96 bits per heavy atom. The van der Waals surface area contributed by atoms with Crippen LogP contribution in [0.1, 0.15) is 37.2 Å². The van der Waals surface area contributed by atoms with Gasteiger partial charge in [0, 0.05) is 22.5 Å². The van der Waals surface area contributed by atoms with Crippen LogP contribution in [0.25, 0.3) is 0 Å². The van der Waals surface area contributed by atoms with E-state index < -0.39 is 0 Å². The SMILES string of the molecule is CCOc1cc([C@@H]2[C@H](c3ccccn3)N=C3S[C@H](C)CN32)c(Br)cc1O. The van der Waals surface area contributed by atoms with E-state index in [-0.39, 0.29) is 17.8 Å². The number of hydrogen-bond acceptors (Lipinski definition) is 6. The molecule has 0 radical (unpaired) electrons. The molecule has 5 nitrogen and oxygen atoms in total. The monoisotopic (exact) mass is 433 g/mol. The molecular formula is C19H20BrN3O2S. The van der Waals surface area contributed by atoms with Gasteiger partial charge >= 0.3 is 0 Å². The van der Waals surface area contributed by atoms with Gasteiger partial charge in [0.25, 0.3) is 0 Å². The van der Waals surface area contributed by atoms with Crippen molar-refractivity contribution in [1.82, 2.24) is 9.88 Å². The summed E-state index contributed by atoms with van der Waals surface area (Å²) in [5, 5.41) is 11.8. The fourth-order valence-electron chi connectivity index (χ4n) is 3.51. The van der Waals surface area contributed by atoms with Gasteiger partial charge in [0.05, 0.1) is 18.3 Å².